The Kier molecular flexibility index (Phi) is 9.71. The summed E-state index contributed by atoms with van der Waals surface area (Å²) in [6.45, 7) is 3.39. The van der Waals surface area contributed by atoms with E-state index in [1.165, 1.54) is 13.5 Å². The maximum atomic E-state index is 12.6. The Balaban J connectivity index is 1.27. The average molecular weight is 535 g/mol. The van der Waals surface area contributed by atoms with E-state index in [4.69, 9.17) is 23.9 Å². The highest BCUT2D eigenvalue weighted by Gasteiger charge is 2.20. The highest BCUT2D eigenvalue weighted by molar-refractivity contribution is 6.00. The molecule has 1 saturated heterocycles. The molecule has 3 aromatic rings. The standard InChI is InChI=1S/C27H30N6O6/c1-36-24-14-21(5-6-23(24)25-16-29-18-38-25)32-26(34)31-20-4-2-3-19(13-20)15-30-27(35)39-22(7-8-28)17-33-9-11-37-12-10-33/h2-6,13-14,16,18,22H,7,9-12,15,17H2,1H3,(H,30,35)(H2,31,32,34). The molecule has 204 valence electrons. The van der Waals surface area contributed by atoms with Crippen molar-refractivity contribution in [2.24, 2.45) is 0 Å². The fourth-order valence-electron chi connectivity index (χ4n) is 4.06. The number of alkyl carbamates (subject to hydrolysis) is 1. The predicted octanol–water partition coefficient (Wildman–Crippen LogP) is 3.83. The number of nitrogens with zero attached hydrogens (tertiary/aromatic N) is 3. The maximum absolute atomic E-state index is 12.6. The minimum absolute atomic E-state index is 0.105. The Labute approximate surface area is 225 Å². The lowest BCUT2D eigenvalue weighted by Gasteiger charge is -2.29. The van der Waals surface area contributed by atoms with E-state index in [2.05, 4.69) is 31.9 Å². The van der Waals surface area contributed by atoms with Crippen molar-refractivity contribution in [2.75, 3.05) is 50.6 Å². The van der Waals surface area contributed by atoms with Gasteiger partial charge in [0, 0.05) is 43.6 Å². The summed E-state index contributed by atoms with van der Waals surface area (Å²) in [5.74, 6) is 1.07. The van der Waals surface area contributed by atoms with Gasteiger partial charge in [-0.15, -0.1) is 0 Å². The van der Waals surface area contributed by atoms with Gasteiger partial charge in [-0.1, -0.05) is 12.1 Å². The third-order valence-corrected chi connectivity index (χ3v) is 5.94. The number of urea groups is 1. The van der Waals surface area contributed by atoms with E-state index in [0.717, 1.165) is 18.7 Å². The van der Waals surface area contributed by atoms with Crippen molar-refractivity contribution in [3.05, 3.63) is 60.6 Å². The Morgan fingerprint density at radius 1 is 1.15 bits per heavy atom. The van der Waals surface area contributed by atoms with Crippen LogP contribution in [0.3, 0.4) is 0 Å². The predicted molar refractivity (Wildman–Crippen MR) is 142 cm³/mol. The van der Waals surface area contributed by atoms with Crippen LogP contribution < -0.4 is 20.7 Å². The summed E-state index contributed by atoms with van der Waals surface area (Å²) >= 11 is 0. The number of hydrogen-bond donors (Lipinski definition) is 3. The van der Waals surface area contributed by atoms with E-state index in [9.17, 15) is 9.59 Å². The minimum atomic E-state index is -0.609. The van der Waals surface area contributed by atoms with Crippen molar-refractivity contribution in [1.29, 1.82) is 5.26 Å². The van der Waals surface area contributed by atoms with Gasteiger partial charge in [-0.3, -0.25) is 4.90 Å². The molecule has 12 nitrogen and oxygen atoms in total. The Bertz CT molecular complexity index is 1290. The van der Waals surface area contributed by atoms with Crippen molar-refractivity contribution >= 4 is 23.5 Å². The molecule has 1 aliphatic rings. The SMILES string of the molecule is COc1cc(NC(=O)Nc2cccc(CNC(=O)OC(CC#N)CN3CCOCC3)c2)ccc1-c1cnco1. The normalized spacial score (nSPS) is 14.1. The molecule has 2 heterocycles. The first-order chi connectivity index (χ1) is 19.0. The van der Waals surface area contributed by atoms with Crippen molar-refractivity contribution in [2.45, 2.75) is 19.1 Å². The largest absolute Gasteiger partial charge is 0.496 e. The van der Waals surface area contributed by atoms with Gasteiger partial charge in [0.2, 0.25) is 0 Å². The molecular weight excluding hydrogens is 504 g/mol. The van der Waals surface area contributed by atoms with Gasteiger partial charge in [0.1, 0.15) is 11.9 Å². The van der Waals surface area contributed by atoms with Crippen molar-refractivity contribution in [3.8, 4) is 23.1 Å². The van der Waals surface area contributed by atoms with Gasteiger partial charge in [0.05, 0.1) is 44.6 Å². The Morgan fingerprint density at radius 2 is 1.95 bits per heavy atom. The molecule has 1 unspecified atom stereocenters. The molecule has 1 aliphatic heterocycles. The van der Waals surface area contributed by atoms with E-state index in [0.29, 0.717) is 48.2 Å². The fourth-order valence-corrected chi connectivity index (χ4v) is 4.06. The lowest BCUT2D eigenvalue weighted by atomic mass is 10.1. The summed E-state index contributed by atoms with van der Waals surface area (Å²) in [7, 11) is 1.53. The second kappa shape index (κ2) is 13.8. The zero-order valence-corrected chi connectivity index (χ0v) is 21.5. The molecule has 3 amide bonds. The molecule has 2 aromatic carbocycles. The summed E-state index contributed by atoms with van der Waals surface area (Å²) in [6.07, 6.45) is 1.87. The third-order valence-electron chi connectivity index (χ3n) is 5.94. The van der Waals surface area contributed by atoms with Crippen LogP contribution >= 0.6 is 0 Å². The number of benzene rings is 2. The van der Waals surface area contributed by atoms with Crippen LogP contribution in [0, 0.1) is 11.3 Å². The topological polar surface area (TPSA) is 151 Å². The highest BCUT2D eigenvalue weighted by Crippen LogP contribution is 2.32. The minimum Gasteiger partial charge on any atom is -0.496 e. The molecule has 0 aliphatic carbocycles. The number of rotatable bonds is 10. The van der Waals surface area contributed by atoms with E-state index >= 15 is 0 Å². The lowest BCUT2D eigenvalue weighted by Crippen LogP contribution is -2.43. The number of ether oxygens (including phenoxy) is 3. The van der Waals surface area contributed by atoms with Gasteiger partial charge in [-0.25, -0.2) is 14.6 Å². The zero-order chi connectivity index (χ0) is 27.5. The van der Waals surface area contributed by atoms with Crippen molar-refractivity contribution < 1.29 is 28.2 Å². The Hall–Kier alpha value is -4.60. The monoisotopic (exact) mass is 534 g/mol. The summed E-state index contributed by atoms with van der Waals surface area (Å²) < 4.78 is 21.5. The highest BCUT2D eigenvalue weighted by atomic mass is 16.6. The average Bonchev–Trinajstić information content (AvgIpc) is 3.47. The van der Waals surface area contributed by atoms with Crippen LogP contribution in [0.4, 0.5) is 21.0 Å². The van der Waals surface area contributed by atoms with Crippen molar-refractivity contribution in [3.63, 3.8) is 0 Å². The first-order valence-corrected chi connectivity index (χ1v) is 12.4. The summed E-state index contributed by atoms with van der Waals surface area (Å²) in [6, 6.07) is 13.9. The number of nitrogens with one attached hydrogen (secondary N) is 3. The first-order valence-electron chi connectivity index (χ1n) is 12.4. The second-order valence-electron chi connectivity index (χ2n) is 8.72. The maximum Gasteiger partial charge on any atom is 0.407 e. The van der Waals surface area contributed by atoms with E-state index < -0.39 is 18.2 Å². The fraction of sp³-hybridized carbons (Fsp3) is 0.333. The van der Waals surface area contributed by atoms with Crippen LogP contribution in [0.15, 0.2) is 59.5 Å². The van der Waals surface area contributed by atoms with E-state index in [1.54, 1.807) is 42.6 Å². The van der Waals surface area contributed by atoms with Gasteiger partial charge < -0.3 is 34.6 Å². The molecule has 3 N–H and O–H groups in total. The number of morpholine rings is 1. The molecule has 12 heteroatoms. The molecule has 0 spiro atoms. The van der Waals surface area contributed by atoms with Crippen LogP contribution in [-0.2, 0) is 16.0 Å². The molecule has 0 radical (unpaired) electrons. The number of aromatic nitrogens is 1. The summed E-state index contributed by atoms with van der Waals surface area (Å²) in [4.78, 5) is 31.0. The van der Waals surface area contributed by atoms with Gasteiger partial charge in [-0.2, -0.15) is 5.26 Å². The van der Waals surface area contributed by atoms with Crippen LogP contribution in [0.25, 0.3) is 11.3 Å². The van der Waals surface area contributed by atoms with Gasteiger partial charge in [0.25, 0.3) is 0 Å². The summed E-state index contributed by atoms with van der Waals surface area (Å²) in [5.41, 5.74) is 2.53. The van der Waals surface area contributed by atoms with Gasteiger partial charge in [-0.05, 0) is 29.8 Å². The van der Waals surface area contributed by atoms with Crippen LogP contribution in [0.1, 0.15) is 12.0 Å². The number of carbonyl (C=O) groups excluding carboxylic acids is 2. The number of amides is 3. The quantitative estimate of drug-likeness (QED) is 0.352. The van der Waals surface area contributed by atoms with Gasteiger partial charge in [0.15, 0.2) is 12.2 Å². The molecule has 4 rings (SSSR count). The number of oxazole rings is 1. The number of methoxy groups -OCH3 is 1. The van der Waals surface area contributed by atoms with Crippen LogP contribution in [0.5, 0.6) is 5.75 Å². The Morgan fingerprint density at radius 3 is 2.67 bits per heavy atom. The second-order valence-corrected chi connectivity index (χ2v) is 8.72. The molecule has 1 aromatic heterocycles. The molecule has 1 fully saturated rings. The van der Waals surface area contributed by atoms with Gasteiger partial charge >= 0.3 is 12.1 Å². The number of carbonyl (C=O) groups is 2. The van der Waals surface area contributed by atoms with E-state index in [1.807, 2.05) is 6.07 Å². The van der Waals surface area contributed by atoms with Crippen LogP contribution in [-0.4, -0.2) is 68.1 Å². The van der Waals surface area contributed by atoms with Crippen LogP contribution in [0.2, 0.25) is 0 Å². The number of anilines is 2. The smallest absolute Gasteiger partial charge is 0.407 e. The van der Waals surface area contributed by atoms with E-state index in [-0.39, 0.29) is 13.0 Å². The lowest BCUT2D eigenvalue weighted by molar-refractivity contribution is 0.00985. The third kappa shape index (κ3) is 8.19. The first kappa shape index (κ1) is 27.4. The zero-order valence-electron chi connectivity index (χ0n) is 21.5. The molecule has 0 bridgehead atoms. The molecule has 0 saturated carbocycles. The molecule has 39 heavy (non-hydrogen) atoms. The number of nitriles is 1. The summed E-state index contributed by atoms with van der Waals surface area (Å²) in [5, 5.41) is 17.4. The molecule has 1 atom stereocenters. The molecular formula is C27H30N6O6. The number of hydrogen-bond acceptors (Lipinski definition) is 9. The van der Waals surface area contributed by atoms with Crippen molar-refractivity contribution in [1.82, 2.24) is 15.2 Å².